The molecular weight excluding hydrogens is 130 g/mol. The fourth-order valence-corrected chi connectivity index (χ4v) is 1.14. The van der Waals surface area contributed by atoms with E-state index >= 15 is 0 Å². The second-order valence-corrected chi connectivity index (χ2v) is 2.63. The van der Waals surface area contributed by atoms with Crippen molar-refractivity contribution in [2.24, 2.45) is 0 Å². The van der Waals surface area contributed by atoms with Gasteiger partial charge in [0.2, 0.25) is 0 Å². The van der Waals surface area contributed by atoms with E-state index in [-0.39, 0.29) is 6.09 Å². The Morgan fingerprint density at radius 3 is 2.90 bits per heavy atom. The number of likely N-dealkylation sites (N-methyl/N-ethyl adjacent to an activating group) is 1. The lowest BCUT2D eigenvalue weighted by atomic mass is 10.2. The number of carbonyl (C=O) groups excluding carboxylic acids is 1. The van der Waals surface area contributed by atoms with Gasteiger partial charge >= 0.3 is 6.09 Å². The molecule has 1 atom stereocenters. The van der Waals surface area contributed by atoms with Crippen molar-refractivity contribution in [2.45, 2.75) is 25.8 Å². The second-order valence-electron chi connectivity index (χ2n) is 2.63. The highest BCUT2D eigenvalue weighted by molar-refractivity contribution is 5.69. The van der Waals surface area contributed by atoms with Gasteiger partial charge in [-0.05, 0) is 6.42 Å². The maximum Gasteiger partial charge on any atom is 0.409 e. The first kappa shape index (κ1) is 7.38. The minimum Gasteiger partial charge on any atom is -0.447 e. The number of nitrogens with zero attached hydrogens (tertiary/aromatic N) is 1. The zero-order valence-electron chi connectivity index (χ0n) is 6.46. The highest BCUT2D eigenvalue weighted by Gasteiger charge is 2.28. The zero-order valence-corrected chi connectivity index (χ0v) is 6.46. The van der Waals surface area contributed by atoms with E-state index in [1.807, 2.05) is 0 Å². The number of rotatable bonds is 2. The summed E-state index contributed by atoms with van der Waals surface area (Å²) in [5.41, 5.74) is 0. The SMILES string of the molecule is CCC[C@@H]1COC(=O)N1C. The Balaban J connectivity index is 2.41. The van der Waals surface area contributed by atoms with E-state index in [9.17, 15) is 4.79 Å². The third-order valence-electron chi connectivity index (χ3n) is 1.86. The molecule has 3 heteroatoms. The van der Waals surface area contributed by atoms with Crippen molar-refractivity contribution in [1.82, 2.24) is 4.90 Å². The maximum atomic E-state index is 10.8. The normalized spacial score (nSPS) is 25.2. The highest BCUT2D eigenvalue weighted by Crippen LogP contribution is 2.13. The Hall–Kier alpha value is -0.730. The van der Waals surface area contributed by atoms with Crippen LogP contribution in [0.15, 0.2) is 0 Å². The molecule has 0 bridgehead atoms. The molecule has 1 fully saturated rings. The van der Waals surface area contributed by atoms with Crippen LogP contribution >= 0.6 is 0 Å². The molecule has 0 radical (unpaired) electrons. The maximum absolute atomic E-state index is 10.8. The molecule has 1 heterocycles. The minimum absolute atomic E-state index is 0.182. The summed E-state index contributed by atoms with van der Waals surface area (Å²) in [5.74, 6) is 0. The van der Waals surface area contributed by atoms with Crippen LogP contribution in [-0.2, 0) is 4.74 Å². The smallest absolute Gasteiger partial charge is 0.409 e. The molecule has 0 aromatic carbocycles. The summed E-state index contributed by atoms with van der Waals surface area (Å²) in [4.78, 5) is 12.4. The largest absolute Gasteiger partial charge is 0.447 e. The summed E-state index contributed by atoms with van der Waals surface area (Å²) in [6, 6.07) is 0.317. The molecule has 3 nitrogen and oxygen atoms in total. The molecule has 0 aliphatic carbocycles. The van der Waals surface area contributed by atoms with Gasteiger partial charge in [-0.2, -0.15) is 0 Å². The van der Waals surface area contributed by atoms with Gasteiger partial charge in [0.05, 0.1) is 6.04 Å². The molecule has 1 aliphatic heterocycles. The quantitative estimate of drug-likeness (QED) is 0.582. The van der Waals surface area contributed by atoms with Gasteiger partial charge in [-0.1, -0.05) is 13.3 Å². The predicted octanol–water partition coefficient (Wildman–Crippen LogP) is 1.24. The van der Waals surface area contributed by atoms with Crippen molar-refractivity contribution < 1.29 is 9.53 Å². The molecule has 0 aromatic rings. The van der Waals surface area contributed by atoms with Crippen molar-refractivity contribution in [3.05, 3.63) is 0 Å². The average Bonchev–Trinajstić information content (AvgIpc) is 2.20. The number of amides is 1. The lowest BCUT2D eigenvalue weighted by Gasteiger charge is -2.13. The van der Waals surface area contributed by atoms with Gasteiger partial charge in [0, 0.05) is 7.05 Å². The van der Waals surface area contributed by atoms with Crippen molar-refractivity contribution in [1.29, 1.82) is 0 Å². The summed E-state index contributed by atoms with van der Waals surface area (Å²) in [5, 5.41) is 0. The number of hydrogen-bond acceptors (Lipinski definition) is 2. The molecule has 1 amide bonds. The zero-order chi connectivity index (χ0) is 7.56. The van der Waals surface area contributed by atoms with Crippen LogP contribution in [0.4, 0.5) is 4.79 Å². The van der Waals surface area contributed by atoms with Gasteiger partial charge < -0.3 is 9.64 Å². The third-order valence-corrected chi connectivity index (χ3v) is 1.86. The van der Waals surface area contributed by atoms with E-state index in [1.165, 1.54) is 0 Å². The molecular formula is C7H13NO2. The van der Waals surface area contributed by atoms with E-state index in [0.29, 0.717) is 12.6 Å². The standard InChI is InChI=1S/C7H13NO2/c1-3-4-6-5-10-7(9)8(6)2/h6H,3-5H2,1-2H3/t6-/m1/s1. The third kappa shape index (κ3) is 1.23. The molecule has 1 aliphatic rings. The van der Waals surface area contributed by atoms with Crippen molar-refractivity contribution in [2.75, 3.05) is 13.7 Å². The highest BCUT2D eigenvalue weighted by atomic mass is 16.6. The monoisotopic (exact) mass is 143 g/mol. The number of ether oxygens (including phenoxy) is 1. The molecule has 0 aromatic heterocycles. The number of carbonyl (C=O) groups is 1. The Bertz CT molecular complexity index is 136. The van der Waals surface area contributed by atoms with Crippen LogP contribution in [-0.4, -0.2) is 30.7 Å². The van der Waals surface area contributed by atoms with Gasteiger partial charge in [-0.15, -0.1) is 0 Å². The summed E-state index contributed by atoms with van der Waals surface area (Å²) >= 11 is 0. The van der Waals surface area contributed by atoms with E-state index in [1.54, 1.807) is 11.9 Å². The Labute approximate surface area is 61.0 Å². The minimum atomic E-state index is -0.182. The van der Waals surface area contributed by atoms with E-state index in [0.717, 1.165) is 12.8 Å². The first-order valence-corrected chi connectivity index (χ1v) is 3.65. The first-order chi connectivity index (χ1) is 4.75. The predicted molar refractivity (Wildman–Crippen MR) is 37.8 cm³/mol. The van der Waals surface area contributed by atoms with Crippen LogP contribution in [0.1, 0.15) is 19.8 Å². The fourth-order valence-electron chi connectivity index (χ4n) is 1.14. The summed E-state index contributed by atoms with van der Waals surface area (Å²) in [7, 11) is 1.79. The topological polar surface area (TPSA) is 29.5 Å². The van der Waals surface area contributed by atoms with Crippen molar-refractivity contribution >= 4 is 6.09 Å². The molecule has 0 spiro atoms. The lowest BCUT2D eigenvalue weighted by molar-refractivity contribution is 0.163. The van der Waals surface area contributed by atoms with E-state index < -0.39 is 0 Å². The van der Waals surface area contributed by atoms with Gasteiger partial charge in [-0.25, -0.2) is 4.79 Å². The Kier molecular flexibility index (Phi) is 2.14. The van der Waals surface area contributed by atoms with E-state index in [4.69, 9.17) is 4.74 Å². The van der Waals surface area contributed by atoms with Gasteiger partial charge in [0.25, 0.3) is 0 Å². The molecule has 1 rings (SSSR count). The van der Waals surface area contributed by atoms with Crippen LogP contribution in [0.25, 0.3) is 0 Å². The van der Waals surface area contributed by atoms with Crippen molar-refractivity contribution in [3.63, 3.8) is 0 Å². The Morgan fingerprint density at radius 1 is 1.80 bits per heavy atom. The summed E-state index contributed by atoms with van der Waals surface area (Å²) in [6.07, 6.45) is 1.96. The number of hydrogen-bond donors (Lipinski definition) is 0. The van der Waals surface area contributed by atoms with Crippen molar-refractivity contribution in [3.8, 4) is 0 Å². The molecule has 58 valence electrons. The molecule has 0 saturated carbocycles. The van der Waals surface area contributed by atoms with Gasteiger partial charge in [0.1, 0.15) is 6.61 Å². The van der Waals surface area contributed by atoms with E-state index in [2.05, 4.69) is 6.92 Å². The molecule has 1 saturated heterocycles. The fraction of sp³-hybridized carbons (Fsp3) is 0.857. The lowest BCUT2D eigenvalue weighted by Crippen LogP contribution is -2.28. The van der Waals surface area contributed by atoms with Gasteiger partial charge in [-0.3, -0.25) is 0 Å². The molecule has 10 heavy (non-hydrogen) atoms. The summed E-state index contributed by atoms with van der Waals surface area (Å²) in [6.45, 7) is 2.68. The van der Waals surface area contributed by atoms with Gasteiger partial charge in [0.15, 0.2) is 0 Å². The second kappa shape index (κ2) is 2.90. The van der Waals surface area contributed by atoms with Crippen LogP contribution in [0.3, 0.4) is 0 Å². The average molecular weight is 143 g/mol. The molecule has 0 N–H and O–H groups in total. The molecule has 0 unspecified atom stereocenters. The summed E-state index contributed by atoms with van der Waals surface area (Å²) < 4.78 is 4.82. The van der Waals surface area contributed by atoms with Crippen LogP contribution in [0.5, 0.6) is 0 Å². The van der Waals surface area contributed by atoms with Crippen LogP contribution in [0.2, 0.25) is 0 Å². The van der Waals surface area contributed by atoms with Crippen LogP contribution < -0.4 is 0 Å². The first-order valence-electron chi connectivity index (χ1n) is 3.65. The Morgan fingerprint density at radius 2 is 2.50 bits per heavy atom. The van der Waals surface area contributed by atoms with Crippen LogP contribution in [0, 0.1) is 0 Å². The number of cyclic esters (lactones) is 1.